The van der Waals surface area contributed by atoms with Gasteiger partial charge in [0.05, 0.1) is 17.3 Å². The molecule has 0 amide bonds. The summed E-state index contributed by atoms with van der Waals surface area (Å²) in [7, 11) is -3.85. The van der Waals surface area contributed by atoms with Gasteiger partial charge >= 0.3 is 0 Å². The van der Waals surface area contributed by atoms with Crippen LogP contribution in [0.1, 0.15) is 31.1 Å². The fourth-order valence-electron chi connectivity index (χ4n) is 3.08. The Morgan fingerprint density at radius 2 is 2.00 bits per heavy atom. The molecule has 1 aliphatic rings. The molecule has 136 valence electrons. The summed E-state index contributed by atoms with van der Waals surface area (Å²) in [6.45, 7) is 1.94. The van der Waals surface area contributed by atoms with Crippen LogP contribution in [0.2, 0.25) is 5.02 Å². The lowest BCUT2D eigenvalue weighted by atomic mass is 10.1. The number of hydrogen-bond acceptors (Lipinski definition) is 4. The van der Waals surface area contributed by atoms with Gasteiger partial charge in [-0.25, -0.2) is 17.5 Å². The van der Waals surface area contributed by atoms with E-state index in [1.165, 1.54) is 12.5 Å². The van der Waals surface area contributed by atoms with Crippen molar-refractivity contribution in [1.82, 2.24) is 9.62 Å². The summed E-state index contributed by atoms with van der Waals surface area (Å²) >= 11 is 5.89. The monoisotopic (exact) mass is 386 g/mol. The Morgan fingerprint density at radius 3 is 2.64 bits per heavy atom. The second-order valence-electron chi connectivity index (χ2n) is 6.05. The summed E-state index contributed by atoms with van der Waals surface area (Å²) in [5.74, 6) is 0.139. The largest absolute Gasteiger partial charge is 0.468 e. The van der Waals surface area contributed by atoms with Crippen LogP contribution in [0, 0.1) is 5.82 Å². The van der Waals surface area contributed by atoms with Gasteiger partial charge in [-0.15, -0.1) is 0 Å². The van der Waals surface area contributed by atoms with Crippen molar-refractivity contribution in [3.05, 3.63) is 53.2 Å². The van der Waals surface area contributed by atoms with E-state index in [-0.39, 0.29) is 22.5 Å². The van der Waals surface area contributed by atoms with Crippen molar-refractivity contribution in [2.75, 3.05) is 19.6 Å². The molecular weight excluding hydrogens is 367 g/mol. The maximum atomic E-state index is 13.2. The van der Waals surface area contributed by atoms with Gasteiger partial charge in [0.2, 0.25) is 10.0 Å². The van der Waals surface area contributed by atoms with Crippen molar-refractivity contribution >= 4 is 21.6 Å². The molecule has 25 heavy (non-hydrogen) atoms. The van der Waals surface area contributed by atoms with Gasteiger partial charge in [0.25, 0.3) is 0 Å². The van der Waals surface area contributed by atoms with E-state index in [0.29, 0.717) is 0 Å². The predicted octanol–water partition coefficient (Wildman–Crippen LogP) is 3.58. The Bertz CT molecular complexity index is 805. The van der Waals surface area contributed by atoms with Crippen LogP contribution in [0.5, 0.6) is 0 Å². The fourth-order valence-corrected chi connectivity index (χ4v) is 4.65. The van der Waals surface area contributed by atoms with E-state index < -0.39 is 15.8 Å². The van der Waals surface area contributed by atoms with Gasteiger partial charge in [0.1, 0.15) is 16.5 Å². The van der Waals surface area contributed by atoms with E-state index in [2.05, 4.69) is 9.62 Å². The first kappa shape index (κ1) is 18.4. The SMILES string of the molecule is O=S(=O)(NC[C@H](c1ccco1)N1CCCCC1)c1ccc(F)cc1Cl. The third-order valence-corrected chi connectivity index (χ3v) is 6.26. The van der Waals surface area contributed by atoms with Crippen molar-refractivity contribution in [2.45, 2.75) is 30.2 Å². The summed E-state index contributed by atoms with van der Waals surface area (Å²) in [5.41, 5.74) is 0. The summed E-state index contributed by atoms with van der Waals surface area (Å²) < 4.78 is 46.4. The molecule has 0 saturated carbocycles. The van der Waals surface area contributed by atoms with Crippen molar-refractivity contribution in [3.63, 3.8) is 0 Å². The van der Waals surface area contributed by atoms with E-state index >= 15 is 0 Å². The third kappa shape index (κ3) is 4.41. The minimum Gasteiger partial charge on any atom is -0.468 e. The first-order valence-corrected chi connectivity index (χ1v) is 10.1. The molecule has 1 aliphatic heterocycles. The zero-order chi connectivity index (χ0) is 17.9. The normalized spacial score (nSPS) is 17.5. The number of piperidine rings is 1. The van der Waals surface area contributed by atoms with Gasteiger partial charge in [-0.05, 0) is 56.3 Å². The Labute approximate surface area is 151 Å². The first-order chi connectivity index (χ1) is 12.0. The van der Waals surface area contributed by atoms with E-state index in [4.69, 9.17) is 16.0 Å². The molecule has 1 N–H and O–H groups in total. The number of rotatable bonds is 6. The van der Waals surface area contributed by atoms with Crippen molar-refractivity contribution in [2.24, 2.45) is 0 Å². The molecule has 3 rings (SSSR count). The minimum absolute atomic E-state index is 0.132. The standard InChI is InChI=1S/C17H20ClFN2O3S/c18-14-11-13(19)6-7-17(14)25(22,23)20-12-15(16-5-4-10-24-16)21-8-2-1-3-9-21/h4-7,10-11,15,20H,1-3,8-9,12H2/t15-/m1/s1. The highest BCUT2D eigenvalue weighted by atomic mass is 35.5. The zero-order valence-electron chi connectivity index (χ0n) is 13.6. The molecule has 2 heterocycles. The Hall–Kier alpha value is -1.41. The molecule has 0 spiro atoms. The second-order valence-corrected chi connectivity index (χ2v) is 8.20. The van der Waals surface area contributed by atoms with Crippen LogP contribution in [-0.4, -0.2) is 33.0 Å². The number of likely N-dealkylation sites (tertiary alicyclic amines) is 1. The van der Waals surface area contributed by atoms with Gasteiger partial charge < -0.3 is 4.42 Å². The van der Waals surface area contributed by atoms with Crippen LogP contribution in [0.25, 0.3) is 0 Å². The highest BCUT2D eigenvalue weighted by Gasteiger charge is 2.27. The van der Waals surface area contributed by atoms with Crippen molar-refractivity contribution < 1.29 is 17.2 Å². The summed E-state index contributed by atoms with van der Waals surface area (Å²) in [6, 6.07) is 6.68. The van der Waals surface area contributed by atoms with Crippen LogP contribution in [0.15, 0.2) is 45.9 Å². The maximum Gasteiger partial charge on any atom is 0.242 e. The Kier molecular flexibility index (Phi) is 5.78. The van der Waals surface area contributed by atoms with Gasteiger partial charge in [0.15, 0.2) is 0 Å². The maximum absolute atomic E-state index is 13.2. The lowest BCUT2D eigenvalue weighted by Gasteiger charge is -2.33. The van der Waals surface area contributed by atoms with Crippen molar-refractivity contribution in [3.8, 4) is 0 Å². The number of halogens is 2. The summed E-state index contributed by atoms with van der Waals surface area (Å²) in [6.07, 6.45) is 4.91. The van der Waals surface area contributed by atoms with Crippen LogP contribution in [0.4, 0.5) is 4.39 Å². The molecule has 1 aromatic carbocycles. The molecular formula is C17H20ClFN2O3S. The quantitative estimate of drug-likeness (QED) is 0.824. The second kappa shape index (κ2) is 7.86. The molecule has 1 saturated heterocycles. The van der Waals surface area contributed by atoms with E-state index in [1.54, 1.807) is 12.3 Å². The zero-order valence-corrected chi connectivity index (χ0v) is 15.2. The molecule has 1 aromatic heterocycles. The van der Waals surface area contributed by atoms with Gasteiger partial charge in [-0.3, -0.25) is 4.90 Å². The fraction of sp³-hybridized carbons (Fsp3) is 0.412. The number of hydrogen-bond donors (Lipinski definition) is 1. The molecule has 1 fully saturated rings. The number of nitrogens with one attached hydrogen (secondary N) is 1. The molecule has 0 bridgehead atoms. The number of sulfonamides is 1. The summed E-state index contributed by atoms with van der Waals surface area (Å²) in [5, 5.41) is -0.139. The van der Waals surface area contributed by atoms with E-state index in [9.17, 15) is 12.8 Å². The lowest BCUT2D eigenvalue weighted by molar-refractivity contribution is 0.147. The number of nitrogens with zero attached hydrogens (tertiary/aromatic N) is 1. The van der Waals surface area contributed by atoms with Gasteiger partial charge in [-0.2, -0.15) is 0 Å². The number of benzene rings is 1. The van der Waals surface area contributed by atoms with Crippen molar-refractivity contribution in [1.29, 1.82) is 0 Å². The molecule has 2 aromatic rings. The number of furan rings is 1. The van der Waals surface area contributed by atoms with Crippen LogP contribution in [0.3, 0.4) is 0 Å². The highest BCUT2D eigenvalue weighted by Crippen LogP contribution is 2.26. The first-order valence-electron chi connectivity index (χ1n) is 8.19. The average molecular weight is 387 g/mol. The molecule has 0 radical (unpaired) electrons. The third-order valence-electron chi connectivity index (χ3n) is 4.35. The highest BCUT2D eigenvalue weighted by molar-refractivity contribution is 7.89. The molecule has 0 unspecified atom stereocenters. The predicted molar refractivity (Wildman–Crippen MR) is 93.5 cm³/mol. The van der Waals surface area contributed by atoms with Gasteiger partial charge in [-0.1, -0.05) is 18.0 Å². The summed E-state index contributed by atoms with van der Waals surface area (Å²) in [4.78, 5) is 2.09. The van der Waals surface area contributed by atoms with Gasteiger partial charge in [0, 0.05) is 6.54 Å². The van der Waals surface area contributed by atoms with E-state index in [0.717, 1.165) is 43.8 Å². The topological polar surface area (TPSA) is 62.6 Å². The lowest BCUT2D eigenvalue weighted by Crippen LogP contribution is -2.40. The van der Waals surface area contributed by atoms with Crippen LogP contribution in [-0.2, 0) is 10.0 Å². The Morgan fingerprint density at radius 1 is 1.24 bits per heavy atom. The van der Waals surface area contributed by atoms with E-state index in [1.807, 2.05) is 6.07 Å². The average Bonchev–Trinajstić information content (AvgIpc) is 3.10. The van der Waals surface area contributed by atoms with Crippen LogP contribution < -0.4 is 4.72 Å². The Balaban J connectivity index is 1.78. The minimum atomic E-state index is -3.85. The van der Waals surface area contributed by atoms with Crippen LogP contribution >= 0.6 is 11.6 Å². The molecule has 0 aliphatic carbocycles. The molecule has 1 atom stereocenters. The smallest absolute Gasteiger partial charge is 0.242 e. The molecule has 5 nitrogen and oxygen atoms in total. The molecule has 8 heteroatoms.